The molecule has 1 saturated heterocycles. The zero-order chi connectivity index (χ0) is 22.5. The summed E-state index contributed by atoms with van der Waals surface area (Å²) in [5.74, 6) is -1.05. The largest absolute Gasteiger partial charge is 0.507 e. The maximum absolute atomic E-state index is 13.1. The predicted octanol–water partition coefficient (Wildman–Crippen LogP) is 4.11. The number of likely N-dealkylation sites (N-methyl/N-ethyl adjacent to an activating group) is 1. The van der Waals surface area contributed by atoms with Crippen molar-refractivity contribution in [2.75, 3.05) is 33.3 Å². The van der Waals surface area contributed by atoms with Gasteiger partial charge >= 0.3 is 0 Å². The lowest BCUT2D eigenvalue weighted by Gasteiger charge is -2.29. The normalized spacial score (nSPS) is 18.1. The van der Waals surface area contributed by atoms with Gasteiger partial charge in [-0.1, -0.05) is 55.8 Å². The number of rotatable bonds is 8. The van der Waals surface area contributed by atoms with E-state index in [1.165, 1.54) is 12.0 Å². The Morgan fingerprint density at radius 1 is 1.13 bits per heavy atom. The molecule has 1 unspecified atom stereocenters. The van der Waals surface area contributed by atoms with Gasteiger partial charge in [-0.2, -0.15) is 0 Å². The van der Waals surface area contributed by atoms with E-state index in [1.54, 1.807) is 30.3 Å². The van der Waals surface area contributed by atoms with Crippen LogP contribution in [0.3, 0.4) is 0 Å². The molecule has 7 heteroatoms. The Morgan fingerprint density at radius 2 is 1.84 bits per heavy atom. The SMILES string of the molecule is CCN(CC)CCN1C(=O)C(=O)/C(=C(\O)c2cccc(Cl)c2)C1c1ccccc1OC. The molecule has 1 N–H and O–H groups in total. The molecule has 1 aliphatic heterocycles. The van der Waals surface area contributed by atoms with Gasteiger partial charge in [-0.05, 0) is 31.3 Å². The van der Waals surface area contributed by atoms with Crippen LogP contribution in [0.25, 0.3) is 5.76 Å². The molecule has 0 aliphatic carbocycles. The van der Waals surface area contributed by atoms with Crippen LogP contribution >= 0.6 is 11.6 Å². The number of hydrogen-bond donors (Lipinski definition) is 1. The van der Waals surface area contributed by atoms with E-state index in [1.807, 2.05) is 18.2 Å². The number of benzene rings is 2. The number of para-hydroxylation sites is 1. The summed E-state index contributed by atoms with van der Waals surface area (Å²) in [5.41, 5.74) is 1.07. The molecule has 0 aromatic heterocycles. The molecule has 0 radical (unpaired) electrons. The number of amides is 1. The van der Waals surface area contributed by atoms with E-state index in [0.29, 0.717) is 35.0 Å². The molecule has 31 heavy (non-hydrogen) atoms. The highest BCUT2D eigenvalue weighted by Crippen LogP contribution is 2.42. The van der Waals surface area contributed by atoms with Crippen LogP contribution in [0, 0.1) is 0 Å². The molecule has 0 bridgehead atoms. The Bertz CT molecular complexity index is 1000. The summed E-state index contributed by atoms with van der Waals surface area (Å²) in [7, 11) is 1.54. The number of Topliss-reactive ketones (excluding diaryl/α,β-unsaturated/α-hetero) is 1. The highest BCUT2D eigenvalue weighted by Gasteiger charge is 2.46. The number of nitrogens with zero attached hydrogens (tertiary/aromatic N) is 2. The van der Waals surface area contributed by atoms with Crippen LogP contribution in [0.2, 0.25) is 5.02 Å². The number of aliphatic hydroxyl groups is 1. The molecule has 6 nitrogen and oxygen atoms in total. The highest BCUT2D eigenvalue weighted by atomic mass is 35.5. The van der Waals surface area contributed by atoms with Gasteiger partial charge in [0.1, 0.15) is 11.5 Å². The summed E-state index contributed by atoms with van der Waals surface area (Å²) in [6, 6.07) is 13.1. The third-order valence-corrected chi connectivity index (χ3v) is 5.86. The number of ether oxygens (including phenoxy) is 1. The molecule has 1 fully saturated rings. The first-order chi connectivity index (χ1) is 14.9. The number of hydrogen-bond acceptors (Lipinski definition) is 5. The number of carbonyl (C=O) groups excluding carboxylic acids is 2. The average Bonchev–Trinajstić information content (AvgIpc) is 3.04. The van der Waals surface area contributed by atoms with E-state index in [4.69, 9.17) is 16.3 Å². The number of likely N-dealkylation sites (tertiary alicyclic amines) is 1. The molecule has 164 valence electrons. The third-order valence-electron chi connectivity index (χ3n) is 5.62. The topological polar surface area (TPSA) is 70.1 Å². The number of aliphatic hydroxyl groups excluding tert-OH is 1. The number of carbonyl (C=O) groups is 2. The summed E-state index contributed by atoms with van der Waals surface area (Å²) < 4.78 is 5.51. The van der Waals surface area contributed by atoms with Crippen molar-refractivity contribution in [2.45, 2.75) is 19.9 Å². The molecule has 1 aliphatic rings. The number of ketones is 1. The van der Waals surface area contributed by atoms with Crippen LogP contribution in [-0.2, 0) is 9.59 Å². The summed E-state index contributed by atoms with van der Waals surface area (Å²) in [6.07, 6.45) is 0. The van der Waals surface area contributed by atoms with E-state index < -0.39 is 17.7 Å². The minimum atomic E-state index is -0.759. The first kappa shape index (κ1) is 22.8. The number of methoxy groups -OCH3 is 1. The van der Waals surface area contributed by atoms with E-state index in [0.717, 1.165) is 13.1 Å². The fourth-order valence-electron chi connectivity index (χ4n) is 3.91. The molecule has 2 aromatic carbocycles. The maximum Gasteiger partial charge on any atom is 0.295 e. The highest BCUT2D eigenvalue weighted by molar-refractivity contribution is 6.46. The third kappa shape index (κ3) is 4.60. The first-order valence-electron chi connectivity index (χ1n) is 10.3. The molecular formula is C24H27ClN2O4. The molecule has 0 saturated carbocycles. The van der Waals surface area contributed by atoms with Gasteiger partial charge in [0, 0.05) is 29.2 Å². The minimum absolute atomic E-state index is 0.0383. The zero-order valence-electron chi connectivity index (χ0n) is 18.0. The molecule has 0 spiro atoms. The van der Waals surface area contributed by atoms with Gasteiger partial charge in [0.25, 0.3) is 11.7 Å². The first-order valence-corrected chi connectivity index (χ1v) is 10.7. The molecule has 2 aromatic rings. The lowest BCUT2D eigenvalue weighted by molar-refractivity contribution is -0.140. The fraction of sp³-hybridized carbons (Fsp3) is 0.333. The van der Waals surface area contributed by atoms with Crippen molar-refractivity contribution in [1.82, 2.24) is 9.80 Å². The second kappa shape index (κ2) is 9.98. The Hall–Kier alpha value is -2.83. The molecular weight excluding hydrogens is 416 g/mol. The van der Waals surface area contributed by atoms with Crippen molar-refractivity contribution in [3.8, 4) is 5.75 Å². The van der Waals surface area contributed by atoms with Crippen molar-refractivity contribution in [3.63, 3.8) is 0 Å². The van der Waals surface area contributed by atoms with E-state index in [-0.39, 0.29) is 11.3 Å². The van der Waals surface area contributed by atoms with Crippen LogP contribution in [0.15, 0.2) is 54.1 Å². The fourth-order valence-corrected chi connectivity index (χ4v) is 4.10. The van der Waals surface area contributed by atoms with Crippen molar-refractivity contribution in [3.05, 3.63) is 70.3 Å². The van der Waals surface area contributed by atoms with Gasteiger partial charge in [0.05, 0.1) is 18.7 Å². The lowest BCUT2D eigenvalue weighted by atomic mass is 9.94. The monoisotopic (exact) mass is 442 g/mol. The summed E-state index contributed by atoms with van der Waals surface area (Å²) in [6.45, 7) is 6.73. The van der Waals surface area contributed by atoms with Gasteiger partial charge < -0.3 is 19.6 Å². The molecule has 1 atom stereocenters. The summed E-state index contributed by atoms with van der Waals surface area (Å²) in [4.78, 5) is 29.8. The van der Waals surface area contributed by atoms with Crippen LogP contribution in [-0.4, -0.2) is 59.9 Å². The van der Waals surface area contributed by atoms with E-state index >= 15 is 0 Å². The maximum atomic E-state index is 13.1. The molecule has 3 rings (SSSR count). The standard InChI is InChI=1S/C24H27ClN2O4/c1-4-26(5-2)13-14-27-21(18-11-6-7-12-19(18)31-3)20(23(29)24(27)30)22(28)16-9-8-10-17(25)15-16/h6-12,15,21,28H,4-5,13-14H2,1-3H3/b22-20-. The Labute approximate surface area is 187 Å². The van der Waals surface area contributed by atoms with Crippen LogP contribution in [0.1, 0.15) is 31.0 Å². The van der Waals surface area contributed by atoms with Crippen LogP contribution in [0.5, 0.6) is 5.75 Å². The molecule has 1 heterocycles. The average molecular weight is 443 g/mol. The lowest BCUT2D eigenvalue weighted by Crippen LogP contribution is -2.38. The van der Waals surface area contributed by atoms with Crippen LogP contribution < -0.4 is 4.74 Å². The van der Waals surface area contributed by atoms with Gasteiger partial charge in [0.15, 0.2) is 0 Å². The summed E-state index contributed by atoms with van der Waals surface area (Å²) in [5, 5.41) is 11.5. The Kier molecular flexibility index (Phi) is 7.36. The minimum Gasteiger partial charge on any atom is -0.507 e. The Balaban J connectivity index is 2.15. The second-order valence-corrected chi connectivity index (χ2v) is 7.71. The molecule has 1 amide bonds. The Morgan fingerprint density at radius 3 is 2.48 bits per heavy atom. The van der Waals surface area contributed by atoms with Crippen molar-refractivity contribution in [1.29, 1.82) is 0 Å². The summed E-state index contributed by atoms with van der Waals surface area (Å²) >= 11 is 6.09. The van der Waals surface area contributed by atoms with Crippen molar-refractivity contribution in [2.24, 2.45) is 0 Å². The van der Waals surface area contributed by atoms with E-state index in [2.05, 4.69) is 18.7 Å². The quantitative estimate of drug-likeness (QED) is 0.378. The van der Waals surface area contributed by atoms with Gasteiger partial charge in [-0.25, -0.2) is 0 Å². The smallest absolute Gasteiger partial charge is 0.295 e. The van der Waals surface area contributed by atoms with Crippen molar-refractivity contribution < 1.29 is 19.4 Å². The predicted molar refractivity (Wildman–Crippen MR) is 121 cm³/mol. The van der Waals surface area contributed by atoms with Crippen molar-refractivity contribution >= 4 is 29.1 Å². The van der Waals surface area contributed by atoms with Gasteiger partial charge in [-0.3, -0.25) is 9.59 Å². The van der Waals surface area contributed by atoms with Gasteiger partial charge in [0.2, 0.25) is 0 Å². The number of halogens is 1. The van der Waals surface area contributed by atoms with Gasteiger partial charge in [-0.15, -0.1) is 0 Å². The second-order valence-electron chi connectivity index (χ2n) is 7.27. The zero-order valence-corrected chi connectivity index (χ0v) is 18.7. The van der Waals surface area contributed by atoms with E-state index in [9.17, 15) is 14.7 Å². The van der Waals surface area contributed by atoms with Crippen LogP contribution in [0.4, 0.5) is 0 Å².